The molecule has 6 nitrogen and oxygen atoms in total. The smallest absolute Gasteiger partial charge is 0.416 e. The Morgan fingerprint density at radius 1 is 1.04 bits per heavy atom. The van der Waals surface area contributed by atoms with Crippen LogP contribution in [0.4, 0.5) is 13.2 Å². The second kappa shape index (κ2) is 7.56. The van der Waals surface area contributed by atoms with Crippen LogP contribution >= 0.6 is 0 Å². The minimum atomic E-state index is -4.41. The zero-order valence-electron chi connectivity index (χ0n) is 13.8. The molecule has 0 unspecified atom stereocenters. The second-order valence-corrected chi connectivity index (χ2v) is 5.62. The molecule has 0 radical (unpaired) electrons. The zero-order valence-corrected chi connectivity index (χ0v) is 13.8. The second-order valence-electron chi connectivity index (χ2n) is 5.62. The van der Waals surface area contributed by atoms with Gasteiger partial charge in [0.25, 0.3) is 5.91 Å². The van der Waals surface area contributed by atoms with Crippen molar-refractivity contribution in [1.29, 1.82) is 0 Å². The number of fused-ring (bicyclic) bond motifs is 1. The topological polar surface area (TPSA) is 73.9 Å². The number of rotatable bonds is 5. The summed E-state index contributed by atoms with van der Waals surface area (Å²) in [4.78, 5) is 23.7. The van der Waals surface area contributed by atoms with E-state index >= 15 is 0 Å². The van der Waals surface area contributed by atoms with E-state index in [0.29, 0.717) is 17.1 Å². The summed E-state index contributed by atoms with van der Waals surface area (Å²) < 4.78 is 52.7. The molecule has 2 aromatic rings. The Morgan fingerprint density at radius 2 is 1.74 bits per heavy atom. The Bertz CT molecular complexity index is 849. The lowest BCUT2D eigenvalue weighted by atomic mass is 10.1. The monoisotopic (exact) mass is 381 g/mol. The maximum Gasteiger partial charge on any atom is 0.416 e. The first kappa shape index (κ1) is 18.6. The largest absolute Gasteiger partial charge is 0.454 e. The van der Waals surface area contributed by atoms with Gasteiger partial charge in [-0.05, 0) is 35.9 Å². The van der Waals surface area contributed by atoms with Crippen molar-refractivity contribution in [2.75, 3.05) is 13.4 Å². The lowest BCUT2D eigenvalue weighted by Gasteiger charge is -2.09. The van der Waals surface area contributed by atoms with Crippen molar-refractivity contribution in [3.8, 4) is 11.5 Å². The van der Waals surface area contributed by atoms with Crippen molar-refractivity contribution < 1.29 is 37.0 Å². The van der Waals surface area contributed by atoms with Crippen molar-refractivity contribution in [1.82, 2.24) is 5.32 Å². The molecule has 0 bridgehead atoms. The Morgan fingerprint density at radius 3 is 2.44 bits per heavy atom. The number of alkyl halides is 3. The predicted octanol–water partition coefficient (Wildman–Crippen LogP) is 2.91. The van der Waals surface area contributed by atoms with Gasteiger partial charge in [-0.15, -0.1) is 0 Å². The summed E-state index contributed by atoms with van der Waals surface area (Å²) in [7, 11) is 0. The molecule has 0 saturated carbocycles. The Kier molecular flexibility index (Phi) is 5.20. The molecule has 1 N–H and O–H groups in total. The first-order valence-electron chi connectivity index (χ1n) is 7.82. The molecule has 142 valence electrons. The standard InChI is InChI=1S/C18H14F3NO5/c19-18(20,21)13-4-1-11(2-5-13)8-22-16(23)9-25-17(24)12-3-6-14-15(7-12)27-10-26-14/h1-7H,8-10H2,(H,22,23). The number of hydrogen-bond acceptors (Lipinski definition) is 5. The highest BCUT2D eigenvalue weighted by molar-refractivity contribution is 5.92. The molecule has 1 aliphatic rings. The van der Waals surface area contributed by atoms with Crippen LogP contribution in [0.1, 0.15) is 21.5 Å². The Balaban J connectivity index is 1.46. The lowest BCUT2D eigenvalue weighted by molar-refractivity contribution is -0.137. The normalized spacial score (nSPS) is 12.6. The van der Waals surface area contributed by atoms with Gasteiger partial charge in [-0.3, -0.25) is 4.79 Å². The van der Waals surface area contributed by atoms with Crippen LogP contribution in [0.25, 0.3) is 0 Å². The fourth-order valence-electron chi connectivity index (χ4n) is 2.30. The van der Waals surface area contributed by atoms with Gasteiger partial charge in [0.05, 0.1) is 11.1 Å². The number of hydrogen-bond donors (Lipinski definition) is 1. The molecule has 1 amide bonds. The van der Waals surface area contributed by atoms with E-state index in [1.807, 2.05) is 0 Å². The molecule has 0 saturated heterocycles. The fourth-order valence-corrected chi connectivity index (χ4v) is 2.30. The third-order valence-electron chi connectivity index (χ3n) is 3.71. The highest BCUT2D eigenvalue weighted by Gasteiger charge is 2.29. The van der Waals surface area contributed by atoms with E-state index in [0.717, 1.165) is 12.1 Å². The van der Waals surface area contributed by atoms with Crippen molar-refractivity contribution >= 4 is 11.9 Å². The Hall–Kier alpha value is -3.23. The van der Waals surface area contributed by atoms with Gasteiger partial charge in [0, 0.05) is 6.54 Å². The number of amides is 1. The zero-order chi connectivity index (χ0) is 19.4. The summed E-state index contributed by atoms with van der Waals surface area (Å²) in [6.45, 7) is -0.438. The summed E-state index contributed by atoms with van der Waals surface area (Å²) in [6.07, 6.45) is -4.41. The average Bonchev–Trinajstić information content (AvgIpc) is 3.11. The van der Waals surface area contributed by atoms with Crippen LogP contribution in [0.15, 0.2) is 42.5 Å². The number of carbonyl (C=O) groups is 2. The molecule has 3 rings (SSSR count). The summed E-state index contributed by atoms with van der Waals surface area (Å²) in [5.41, 5.74) is -0.0801. The van der Waals surface area contributed by atoms with Crippen LogP contribution < -0.4 is 14.8 Å². The summed E-state index contributed by atoms with van der Waals surface area (Å²) in [5, 5.41) is 2.46. The van der Waals surface area contributed by atoms with Gasteiger partial charge in [-0.25, -0.2) is 4.79 Å². The molecule has 1 aliphatic heterocycles. The number of nitrogens with one attached hydrogen (secondary N) is 1. The van der Waals surface area contributed by atoms with Crippen LogP contribution in [0.5, 0.6) is 11.5 Å². The molecular weight excluding hydrogens is 367 g/mol. The van der Waals surface area contributed by atoms with Crippen molar-refractivity contribution in [2.45, 2.75) is 12.7 Å². The van der Waals surface area contributed by atoms with E-state index in [2.05, 4.69) is 5.32 Å². The summed E-state index contributed by atoms with van der Waals surface area (Å²) >= 11 is 0. The number of carbonyl (C=O) groups excluding carboxylic acids is 2. The van der Waals surface area contributed by atoms with E-state index in [4.69, 9.17) is 14.2 Å². The van der Waals surface area contributed by atoms with Crippen LogP contribution in [-0.4, -0.2) is 25.3 Å². The number of esters is 1. The molecule has 2 aromatic carbocycles. The molecule has 0 spiro atoms. The SMILES string of the molecule is O=C(COC(=O)c1ccc2c(c1)OCO2)NCc1ccc(C(F)(F)F)cc1. The van der Waals surface area contributed by atoms with Crippen LogP contribution in [0.2, 0.25) is 0 Å². The maximum atomic E-state index is 12.5. The molecule has 0 aromatic heterocycles. The van der Waals surface area contributed by atoms with E-state index in [-0.39, 0.29) is 18.9 Å². The third-order valence-corrected chi connectivity index (χ3v) is 3.71. The number of benzene rings is 2. The average molecular weight is 381 g/mol. The lowest BCUT2D eigenvalue weighted by Crippen LogP contribution is -2.28. The highest BCUT2D eigenvalue weighted by atomic mass is 19.4. The van der Waals surface area contributed by atoms with Gasteiger partial charge in [0.1, 0.15) is 0 Å². The van der Waals surface area contributed by atoms with Crippen molar-refractivity contribution in [2.24, 2.45) is 0 Å². The van der Waals surface area contributed by atoms with Crippen molar-refractivity contribution in [3.63, 3.8) is 0 Å². The van der Waals surface area contributed by atoms with Gasteiger partial charge >= 0.3 is 12.1 Å². The van der Waals surface area contributed by atoms with Crippen LogP contribution in [0, 0.1) is 0 Å². The van der Waals surface area contributed by atoms with Crippen LogP contribution in [-0.2, 0) is 22.3 Å². The Labute approximate surface area is 151 Å². The van der Waals surface area contributed by atoms with Gasteiger partial charge in [-0.1, -0.05) is 12.1 Å². The number of ether oxygens (including phenoxy) is 3. The molecule has 0 fully saturated rings. The quantitative estimate of drug-likeness (QED) is 0.807. The summed E-state index contributed by atoms with van der Waals surface area (Å²) in [5.74, 6) is -0.362. The first-order chi connectivity index (χ1) is 12.8. The van der Waals surface area contributed by atoms with Gasteiger partial charge in [0.15, 0.2) is 18.1 Å². The molecule has 9 heteroatoms. The molecule has 1 heterocycles. The molecule has 0 atom stereocenters. The predicted molar refractivity (Wildman–Crippen MR) is 86.1 cm³/mol. The minimum absolute atomic E-state index is 0.0124. The summed E-state index contributed by atoms with van der Waals surface area (Å²) in [6, 6.07) is 8.89. The molecule has 0 aliphatic carbocycles. The van der Waals surface area contributed by atoms with Gasteiger partial charge in [-0.2, -0.15) is 13.2 Å². The fraction of sp³-hybridized carbons (Fsp3) is 0.222. The maximum absolute atomic E-state index is 12.5. The van der Waals surface area contributed by atoms with E-state index in [1.54, 1.807) is 6.07 Å². The number of halogens is 3. The third kappa shape index (κ3) is 4.69. The highest BCUT2D eigenvalue weighted by Crippen LogP contribution is 2.32. The van der Waals surface area contributed by atoms with Crippen molar-refractivity contribution in [3.05, 3.63) is 59.2 Å². The van der Waals surface area contributed by atoms with E-state index in [9.17, 15) is 22.8 Å². The van der Waals surface area contributed by atoms with Gasteiger partial charge < -0.3 is 19.5 Å². The van der Waals surface area contributed by atoms with Gasteiger partial charge in [0.2, 0.25) is 6.79 Å². The van der Waals surface area contributed by atoms with Crippen LogP contribution in [0.3, 0.4) is 0 Å². The first-order valence-corrected chi connectivity index (χ1v) is 7.82. The molecule has 27 heavy (non-hydrogen) atoms. The molecular formula is C18H14F3NO5. The van der Waals surface area contributed by atoms with E-state index < -0.39 is 30.2 Å². The minimum Gasteiger partial charge on any atom is -0.454 e. The van der Waals surface area contributed by atoms with E-state index in [1.165, 1.54) is 24.3 Å².